The minimum Gasteiger partial charge on any atom is -0.349 e. The fourth-order valence-electron chi connectivity index (χ4n) is 4.19. The molecule has 8 heteroatoms. The monoisotopic (exact) mass is 437 g/mol. The summed E-state index contributed by atoms with van der Waals surface area (Å²) in [6, 6.07) is 11.7. The molecule has 2 amide bonds. The molecule has 162 valence electrons. The van der Waals surface area contributed by atoms with Gasteiger partial charge in [0.15, 0.2) is 0 Å². The van der Waals surface area contributed by atoms with Gasteiger partial charge in [-0.05, 0) is 44.7 Å². The molecule has 3 aromatic rings. The van der Waals surface area contributed by atoms with Gasteiger partial charge in [0, 0.05) is 42.9 Å². The number of nitrogens with zero attached hydrogens (tertiary/aromatic N) is 3. The molecular formula is C23H27N5O2S. The molecule has 0 bridgehead atoms. The maximum Gasteiger partial charge on any atom is 0.264 e. The molecule has 2 aromatic heterocycles. The van der Waals surface area contributed by atoms with Gasteiger partial charge in [0.25, 0.3) is 5.91 Å². The highest BCUT2D eigenvalue weighted by Gasteiger charge is 2.46. The average molecular weight is 438 g/mol. The van der Waals surface area contributed by atoms with Gasteiger partial charge in [-0.1, -0.05) is 12.1 Å². The number of para-hydroxylation sites is 2. The molecule has 3 atom stereocenters. The van der Waals surface area contributed by atoms with Crippen LogP contribution in [0.5, 0.6) is 0 Å². The topological polar surface area (TPSA) is 81.3 Å². The van der Waals surface area contributed by atoms with Crippen molar-refractivity contribution in [1.29, 1.82) is 0 Å². The molecule has 1 aliphatic heterocycles. The van der Waals surface area contributed by atoms with Crippen LogP contribution in [0.3, 0.4) is 0 Å². The fraction of sp³-hybridized carbons (Fsp3) is 0.435. The van der Waals surface area contributed by atoms with Crippen molar-refractivity contribution in [3.63, 3.8) is 0 Å². The highest BCUT2D eigenvalue weighted by Crippen LogP contribution is 2.47. The largest absolute Gasteiger partial charge is 0.349 e. The van der Waals surface area contributed by atoms with Crippen molar-refractivity contribution in [2.45, 2.75) is 25.3 Å². The Morgan fingerprint density at radius 2 is 1.94 bits per heavy atom. The summed E-state index contributed by atoms with van der Waals surface area (Å²) < 4.78 is 0. The van der Waals surface area contributed by atoms with Crippen molar-refractivity contribution in [1.82, 2.24) is 25.1 Å². The number of hydrogen-bond acceptors (Lipinski definition) is 5. The SMILES string of the molecule is C[C@@H](NC(=O)[C@H]1C[C@@H]1c1nc2ccccc2[nH]1)c1ccc(C(=O)N2CCN(C)CC2)s1. The van der Waals surface area contributed by atoms with Crippen LogP contribution < -0.4 is 5.32 Å². The molecule has 3 heterocycles. The van der Waals surface area contributed by atoms with Crippen molar-refractivity contribution >= 4 is 34.2 Å². The second kappa shape index (κ2) is 8.09. The van der Waals surface area contributed by atoms with Crippen molar-refractivity contribution in [3.05, 3.63) is 52.0 Å². The summed E-state index contributed by atoms with van der Waals surface area (Å²) in [7, 11) is 2.08. The minimum atomic E-state index is -0.122. The van der Waals surface area contributed by atoms with Crippen molar-refractivity contribution in [3.8, 4) is 0 Å². The second-order valence-electron chi connectivity index (χ2n) is 8.62. The lowest BCUT2D eigenvalue weighted by atomic mass is 10.2. The predicted octanol–water partition coefficient (Wildman–Crippen LogP) is 2.99. The molecule has 0 spiro atoms. The first-order valence-electron chi connectivity index (χ1n) is 10.8. The zero-order valence-electron chi connectivity index (χ0n) is 17.8. The van der Waals surface area contributed by atoms with Gasteiger partial charge in [0.05, 0.1) is 22.0 Å². The number of carbonyl (C=O) groups is 2. The van der Waals surface area contributed by atoms with Gasteiger partial charge in [-0.2, -0.15) is 0 Å². The van der Waals surface area contributed by atoms with Gasteiger partial charge in [-0.15, -0.1) is 11.3 Å². The molecule has 7 nitrogen and oxygen atoms in total. The number of aromatic amines is 1. The number of rotatable bonds is 5. The Balaban J connectivity index is 1.18. The van der Waals surface area contributed by atoms with Crippen molar-refractivity contribution in [2.24, 2.45) is 5.92 Å². The van der Waals surface area contributed by atoms with Gasteiger partial charge in [0.2, 0.25) is 5.91 Å². The number of benzene rings is 1. The number of aromatic nitrogens is 2. The third-order valence-corrected chi connectivity index (χ3v) is 7.56. The Kier molecular flexibility index (Phi) is 5.27. The van der Waals surface area contributed by atoms with Gasteiger partial charge in [-0.25, -0.2) is 4.98 Å². The molecule has 2 fully saturated rings. The van der Waals surface area contributed by atoms with Crippen LogP contribution in [0.2, 0.25) is 0 Å². The third kappa shape index (κ3) is 4.09. The van der Waals surface area contributed by atoms with E-state index in [4.69, 9.17) is 0 Å². The van der Waals surface area contributed by atoms with E-state index in [0.717, 1.165) is 59.2 Å². The van der Waals surface area contributed by atoms with Crippen LogP contribution in [0, 0.1) is 5.92 Å². The molecule has 1 saturated carbocycles. The van der Waals surface area contributed by atoms with Gasteiger partial charge in [-0.3, -0.25) is 9.59 Å². The first kappa shape index (κ1) is 20.2. The summed E-state index contributed by atoms with van der Waals surface area (Å²) in [4.78, 5) is 39.4. The second-order valence-corrected chi connectivity index (χ2v) is 9.73. The normalized spacial score (nSPS) is 22.5. The lowest BCUT2D eigenvalue weighted by molar-refractivity contribution is -0.123. The molecule has 1 aromatic carbocycles. The summed E-state index contributed by atoms with van der Waals surface area (Å²) in [5.74, 6) is 1.14. The van der Waals surface area contributed by atoms with E-state index in [1.807, 2.05) is 48.2 Å². The Morgan fingerprint density at radius 1 is 1.16 bits per heavy atom. The highest BCUT2D eigenvalue weighted by atomic mass is 32.1. The number of piperazine rings is 1. The Hall–Kier alpha value is -2.71. The zero-order chi connectivity index (χ0) is 21.5. The minimum absolute atomic E-state index is 0.0468. The average Bonchev–Trinajstić information content (AvgIpc) is 3.21. The van der Waals surface area contributed by atoms with Crippen LogP contribution in [-0.2, 0) is 4.79 Å². The van der Waals surface area contributed by atoms with E-state index in [1.54, 1.807) is 0 Å². The fourth-order valence-corrected chi connectivity index (χ4v) is 5.17. The highest BCUT2D eigenvalue weighted by molar-refractivity contribution is 7.14. The summed E-state index contributed by atoms with van der Waals surface area (Å²) >= 11 is 1.48. The number of amides is 2. The maximum absolute atomic E-state index is 12.8. The van der Waals surface area contributed by atoms with E-state index in [9.17, 15) is 9.59 Å². The number of fused-ring (bicyclic) bond motifs is 1. The van der Waals surface area contributed by atoms with Crippen molar-refractivity contribution < 1.29 is 9.59 Å². The summed E-state index contributed by atoms with van der Waals surface area (Å²) in [5.41, 5.74) is 1.95. The molecule has 0 radical (unpaired) electrons. The zero-order valence-corrected chi connectivity index (χ0v) is 18.6. The van der Waals surface area contributed by atoms with Gasteiger partial charge >= 0.3 is 0 Å². The molecule has 2 N–H and O–H groups in total. The van der Waals surface area contributed by atoms with Crippen molar-refractivity contribution in [2.75, 3.05) is 33.2 Å². The van der Waals surface area contributed by atoms with E-state index in [-0.39, 0.29) is 29.7 Å². The molecule has 2 aliphatic rings. The lowest BCUT2D eigenvalue weighted by Crippen LogP contribution is -2.46. The maximum atomic E-state index is 12.8. The van der Waals surface area contributed by atoms with Crippen LogP contribution in [0.1, 0.15) is 45.7 Å². The quantitative estimate of drug-likeness (QED) is 0.643. The molecule has 5 rings (SSSR count). The Labute approximate surface area is 185 Å². The number of thiophene rings is 1. The van der Waals surface area contributed by atoms with Crippen LogP contribution in [-0.4, -0.2) is 64.8 Å². The van der Waals surface area contributed by atoms with E-state index < -0.39 is 0 Å². The number of imidazole rings is 1. The predicted molar refractivity (Wildman–Crippen MR) is 121 cm³/mol. The van der Waals surface area contributed by atoms with Gasteiger partial charge in [0.1, 0.15) is 5.82 Å². The summed E-state index contributed by atoms with van der Waals surface area (Å²) in [6.45, 7) is 5.32. The molecule has 1 aliphatic carbocycles. The number of H-pyrrole nitrogens is 1. The van der Waals surface area contributed by atoms with Crippen LogP contribution in [0.4, 0.5) is 0 Å². The number of likely N-dealkylation sites (N-methyl/N-ethyl adjacent to an activating group) is 1. The lowest BCUT2D eigenvalue weighted by Gasteiger charge is -2.32. The number of nitrogens with one attached hydrogen (secondary N) is 2. The van der Waals surface area contributed by atoms with Crippen LogP contribution in [0.25, 0.3) is 11.0 Å². The Morgan fingerprint density at radius 3 is 2.71 bits per heavy atom. The molecule has 31 heavy (non-hydrogen) atoms. The standard InChI is InChI=1S/C23H27N5O2S/c1-14(19-7-8-20(31-19)23(30)28-11-9-27(2)10-12-28)24-22(29)16-13-15(16)21-25-17-5-3-4-6-18(17)26-21/h3-8,14-16H,9-13H2,1-2H3,(H,24,29)(H,25,26)/t14-,15+,16+/m1/s1. The smallest absolute Gasteiger partial charge is 0.264 e. The number of hydrogen-bond donors (Lipinski definition) is 2. The summed E-state index contributed by atoms with van der Waals surface area (Å²) in [5, 5.41) is 3.13. The molecule has 1 saturated heterocycles. The van der Waals surface area contributed by atoms with Crippen LogP contribution >= 0.6 is 11.3 Å². The van der Waals surface area contributed by atoms with E-state index in [1.165, 1.54) is 11.3 Å². The summed E-state index contributed by atoms with van der Waals surface area (Å²) in [6.07, 6.45) is 0.815. The van der Waals surface area contributed by atoms with E-state index in [0.29, 0.717) is 0 Å². The van der Waals surface area contributed by atoms with E-state index in [2.05, 4.69) is 27.2 Å². The van der Waals surface area contributed by atoms with Crippen LogP contribution in [0.15, 0.2) is 36.4 Å². The Bertz CT molecular complexity index is 1080. The van der Waals surface area contributed by atoms with E-state index >= 15 is 0 Å². The first-order valence-corrected chi connectivity index (χ1v) is 11.6. The number of carbonyl (C=O) groups excluding carboxylic acids is 2. The first-order chi connectivity index (χ1) is 15.0. The third-order valence-electron chi connectivity index (χ3n) is 6.30. The molecule has 0 unspecified atom stereocenters. The molecular weight excluding hydrogens is 410 g/mol. The van der Waals surface area contributed by atoms with Gasteiger partial charge < -0.3 is 20.1 Å².